The topological polar surface area (TPSA) is 62.3 Å². The molecule has 2 aliphatic rings. The molecule has 0 saturated carbocycles. The summed E-state index contributed by atoms with van der Waals surface area (Å²) in [5.74, 6) is 0. The number of hydrogen-bond acceptors (Lipinski definition) is 5. The van der Waals surface area contributed by atoms with Crippen LogP contribution in [-0.2, 0) is 10.0 Å². The number of nitrogens with one attached hydrogen (secondary N) is 1. The Bertz CT molecular complexity index is 790. The van der Waals surface area contributed by atoms with E-state index in [9.17, 15) is 8.42 Å². The third kappa shape index (κ3) is 2.52. The van der Waals surface area contributed by atoms with E-state index in [1.807, 2.05) is 30.3 Å². The molecule has 0 aliphatic carbocycles. The number of sulfonamides is 1. The summed E-state index contributed by atoms with van der Waals surface area (Å²) in [6.07, 6.45) is 4.29. The molecule has 4 rings (SSSR count). The van der Waals surface area contributed by atoms with Crippen LogP contribution in [0.25, 0.3) is 10.6 Å². The largest absolute Gasteiger partial charge is 0.315 e. The molecule has 0 radical (unpaired) electrons. The maximum absolute atomic E-state index is 13.1. The van der Waals surface area contributed by atoms with Crippen LogP contribution in [-0.4, -0.2) is 42.9 Å². The summed E-state index contributed by atoms with van der Waals surface area (Å²) in [5.41, 5.74) is 0.730. The summed E-state index contributed by atoms with van der Waals surface area (Å²) >= 11 is 1.26. The standard InChI is InChI=1S/C16H19N3O2S2/c20-23(21,19-10-4-7-16(19)8-9-17-12-16)14-11-18-15(22-14)13-5-2-1-3-6-13/h1-3,5-6,11,17H,4,7-10,12H2. The number of thiazole rings is 1. The Labute approximate surface area is 140 Å². The van der Waals surface area contributed by atoms with Crippen LogP contribution in [0.2, 0.25) is 0 Å². The zero-order valence-corrected chi connectivity index (χ0v) is 14.4. The van der Waals surface area contributed by atoms with Gasteiger partial charge in [0.1, 0.15) is 5.01 Å². The van der Waals surface area contributed by atoms with Crippen molar-refractivity contribution in [2.75, 3.05) is 19.6 Å². The van der Waals surface area contributed by atoms with E-state index >= 15 is 0 Å². The molecule has 2 aliphatic heterocycles. The Morgan fingerprint density at radius 1 is 1.22 bits per heavy atom. The third-order valence-electron chi connectivity index (χ3n) is 4.80. The van der Waals surface area contributed by atoms with Crippen LogP contribution in [0.4, 0.5) is 0 Å². The second-order valence-corrected chi connectivity index (χ2v) is 9.30. The highest BCUT2D eigenvalue weighted by Crippen LogP contribution is 2.40. The number of hydrogen-bond donors (Lipinski definition) is 1. The van der Waals surface area contributed by atoms with Gasteiger partial charge in [-0.25, -0.2) is 13.4 Å². The number of rotatable bonds is 3. The number of nitrogens with zero attached hydrogens (tertiary/aromatic N) is 2. The van der Waals surface area contributed by atoms with Crippen molar-refractivity contribution in [3.63, 3.8) is 0 Å². The van der Waals surface area contributed by atoms with E-state index in [0.717, 1.165) is 42.9 Å². The predicted molar refractivity (Wildman–Crippen MR) is 90.9 cm³/mol. The van der Waals surface area contributed by atoms with Crippen LogP contribution in [0.3, 0.4) is 0 Å². The molecule has 2 fully saturated rings. The van der Waals surface area contributed by atoms with Gasteiger partial charge in [-0.1, -0.05) is 30.3 Å². The van der Waals surface area contributed by atoms with Gasteiger partial charge in [0.25, 0.3) is 10.0 Å². The van der Waals surface area contributed by atoms with Crippen LogP contribution in [0.1, 0.15) is 19.3 Å². The molecule has 2 aromatic rings. The van der Waals surface area contributed by atoms with Gasteiger partial charge in [-0.05, 0) is 25.8 Å². The molecular weight excluding hydrogens is 330 g/mol. The summed E-state index contributed by atoms with van der Waals surface area (Å²) in [6, 6.07) is 9.71. The van der Waals surface area contributed by atoms with Crippen LogP contribution >= 0.6 is 11.3 Å². The van der Waals surface area contributed by atoms with Gasteiger partial charge in [-0.15, -0.1) is 11.3 Å². The highest BCUT2D eigenvalue weighted by Gasteiger charge is 2.49. The van der Waals surface area contributed by atoms with Crippen LogP contribution in [0.15, 0.2) is 40.7 Å². The van der Waals surface area contributed by atoms with Gasteiger partial charge < -0.3 is 5.32 Å². The zero-order chi connectivity index (χ0) is 15.9. The maximum atomic E-state index is 13.1. The van der Waals surface area contributed by atoms with Crippen LogP contribution in [0, 0.1) is 0 Å². The van der Waals surface area contributed by atoms with Gasteiger partial charge in [0.15, 0.2) is 4.21 Å². The van der Waals surface area contributed by atoms with E-state index in [0.29, 0.717) is 10.8 Å². The van der Waals surface area contributed by atoms with E-state index in [1.165, 1.54) is 17.5 Å². The van der Waals surface area contributed by atoms with E-state index < -0.39 is 10.0 Å². The van der Waals surface area contributed by atoms with Gasteiger partial charge in [0, 0.05) is 24.2 Å². The Balaban J connectivity index is 1.68. The molecule has 23 heavy (non-hydrogen) atoms. The summed E-state index contributed by atoms with van der Waals surface area (Å²) in [5, 5.41) is 4.07. The van der Waals surface area contributed by atoms with Crippen LogP contribution in [0.5, 0.6) is 0 Å². The Morgan fingerprint density at radius 2 is 2.04 bits per heavy atom. The van der Waals surface area contributed by atoms with Crippen molar-refractivity contribution in [3.8, 4) is 10.6 Å². The third-order valence-corrected chi connectivity index (χ3v) is 8.29. The highest BCUT2D eigenvalue weighted by molar-refractivity contribution is 7.91. The number of benzene rings is 1. The van der Waals surface area contributed by atoms with Gasteiger partial charge in [-0.3, -0.25) is 0 Å². The van der Waals surface area contributed by atoms with Crippen molar-refractivity contribution in [1.82, 2.24) is 14.6 Å². The van der Waals surface area contributed by atoms with Crippen molar-refractivity contribution in [2.45, 2.75) is 29.0 Å². The lowest BCUT2D eigenvalue weighted by atomic mass is 9.97. The fraction of sp³-hybridized carbons (Fsp3) is 0.438. The minimum Gasteiger partial charge on any atom is -0.315 e. The summed E-state index contributed by atoms with van der Waals surface area (Å²) in [4.78, 5) is 4.34. The second-order valence-electron chi connectivity index (χ2n) is 6.18. The SMILES string of the molecule is O=S(=O)(c1cnc(-c2ccccc2)s1)N1CCCC12CCNC2. The number of aromatic nitrogens is 1. The quantitative estimate of drug-likeness (QED) is 0.924. The normalized spacial score (nSPS) is 25.4. The maximum Gasteiger partial charge on any atom is 0.254 e. The molecule has 1 spiro atoms. The summed E-state index contributed by atoms with van der Waals surface area (Å²) in [6.45, 7) is 2.27. The first-order valence-electron chi connectivity index (χ1n) is 7.87. The van der Waals surface area contributed by atoms with Crippen molar-refractivity contribution >= 4 is 21.4 Å². The van der Waals surface area contributed by atoms with E-state index in [-0.39, 0.29) is 5.54 Å². The predicted octanol–water partition coefficient (Wildman–Crippen LogP) is 2.33. The van der Waals surface area contributed by atoms with Crippen LogP contribution < -0.4 is 5.32 Å². The zero-order valence-electron chi connectivity index (χ0n) is 12.7. The molecule has 1 unspecified atom stereocenters. The van der Waals surface area contributed by atoms with E-state index in [2.05, 4.69) is 10.3 Å². The summed E-state index contributed by atoms with van der Waals surface area (Å²) in [7, 11) is -3.47. The minimum atomic E-state index is -3.47. The first kappa shape index (κ1) is 15.3. The van der Waals surface area contributed by atoms with E-state index in [1.54, 1.807) is 4.31 Å². The highest BCUT2D eigenvalue weighted by atomic mass is 32.2. The van der Waals surface area contributed by atoms with Crippen molar-refractivity contribution in [3.05, 3.63) is 36.5 Å². The first-order valence-corrected chi connectivity index (χ1v) is 10.1. The fourth-order valence-corrected chi connectivity index (χ4v) is 6.76. The minimum absolute atomic E-state index is 0.226. The van der Waals surface area contributed by atoms with Gasteiger partial charge in [0.05, 0.1) is 6.20 Å². The van der Waals surface area contributed by atoms with Gasteiger partial charge in [-0.2, -0.15) is 4.31 Å². The average molecular weight is 349 g/mol. The molecule has 5 nitrogen and oxygen atoms in total. The molecule has 3 heterocycles. The second kappa shape index (κ2) is 5.66. The van der Waals surface area contributed by atoms with Crippen molar-refractivity contribution in [2.24, 2.45) is 0 Å². The molecule has 7 heteroatoms. The summed E-state index contributed by atoms with van der Waals surface area (Å²) < 4.78 is 28.3. The fourth-order valence-electron chi connectivity index (χ4n) is 3.65. The molecule has 1 aromatic carbocycles. The molecule has 2 saturated heterocycles. The first-order chi connectivity index (χ1) is 11.1. The van der Waals surface area contributed by atoms with Gasteiger partial charge in [0.2, 0.25) is 0 Å². The molecule has 122 valence electrons. The van der Waals surface area contributed by atoms with Gasteiger partial charge >= 0.3 is 0 Å². The Hall–Kier alpha value is -1.28. The molecule has 0 bridgehead atoms. The Morgan fingerprint density at radius 3 is 2.78 bits per heavy atom. The molecular formula is C16H19N3O2S2. The molecule has 1 N–H and O–H groups in total. The molecule has 1 aromatic heterocycles. The van der Waals surface area contributed by atoms with Crippen molar-refractivity contribution in [1.29, 1.82) is 0 Å². The smallest absolute Gasteiger partial charge is 0.254 e. The molecule has 1 atom stereocenters. The average Bonchev–Trinajstić information content (AvgIpc) is 3.30. The molecule has 0 amide bonds. The van der Waals surface area contributed by atoms with Crippen molar-refractivity contribution < 1.29 is 8.42 Å². The van der Waals surface area contributed by atoms with E-state index in [4.69, 9.17) is 0 Å². The lowest BCUT2D eigenvalue weighted by Crippen LogP contribution is -2.48. The lowest BCUT2D eigenvalue weighted by Gasteiger charge is -2.32. The lowest BCUT2D eigenvalue weighted by molar-refractivity contribution is 0.265. The monoisotopic (exact) mass is 349 g/mol. The Kier molecular flexibility index (Phi) is 3.76.